The Morgan fingerprint density at radius 1 is 1.40 bits per heavy atom. The summed E-state index contributed by atoms with van der Waals surface area (Å²) in [4.78, 5) is 14.4. The minimum Gasteiger partial charge on any atom is -0.339 e. The molecule has 1 aromatic carbocycles. The van der Waals surface area contributed by atoms with Gasteiger partial charge in [-0.25, -0.2) is 0 Å². The monoisotopic (exact) mass is 360 g/mol. The van der Waals surface area contributed by atoms with Crippen molar-refractivity contribution in [2.45, 2.75) is 32.7 Å². The molecule has 1 unspecified atom stereocenters. The SMILES string of the molecule is Cc1ccc(C(=O)N2CCC(C(C)N)CC2)c(Br)c1.Cl. The van der Waals surface area contributed by atoms with Gasteiger partial charge in [0.1, 0.15) is 0 Å². The quantitative estimate of drug-likeness (QED) is 0.878. The molecule has 1 atom stereocenters. The van der Waals surface area contributed by atoms with E-state index in [-0.39, 0.29) is 24.4 Å². The van der Waals surface area contributed by atoms with Gasteiger partial charge in [-0.3, -0.25) is 4.79 Å². The van der Waals surface area contributed by atoms with Crippen LogP contribution in [0.2, 0.25) is 0 Å². The number of rotatable bonds is 2. The number of aryl methyl sites for hydroxylation is 1. The summed E-state index contributed by atoms with van der Waals surface area (Å²) in [6, 6.07) is 6.09. The fraction of sp³-hybridized carbons (Fsp3) is 0.533. The Labute approximate surface area is 135 Å². The average molecular weight is 362 g/mol. The highest BCUT2D eigenvalue weighted by Gasteiger charge is 2.26. The maximum absolute atomic E-state index is 12.5. The molecule has 1 aromatic rings. The van der Waals surface area contributed by atoms with Crippen LogP contribution < -0.4 is 5.73 Å². The van der Waals surface area contributed by atoms with Crippen molar-refractivity contribution < 1.29 is 4.79 Å². The fourth-order valence-electron chi connectivity index (χ4n) is 2.59. The summed E-state index contributed by atoms with van der Waals surface area (Å²) in [7, 11) is 0. The van der Waals surface area contributed by atoms with Gasteiger partial charge in [0, 0.05) is 23.6 Å². The lowest BCUT2D eigenvalue weighted by atomic mass is 9.90. The summed E-state index contributed by atoms with van der Waals surface area (Å²) in [6.45, 7) is 5.70. The lowest BCUT2D eigenvalue weighted by Gasteiger charge is -2.34. The molecule has 0 aromatic heterocycles. The minimum absolute atomic E-state index is 0. The van der Waals surface area contributed by atoms with E-state index in [0.29, 0.717) is 5.92 Å². The third-order valence-electron chi connectivity index (χ3n) is 3.93. The van der Waals surface area contributed by atoms with Gasteiger partial charge in [-0.15, -0.1) is 12.4 Å². The summed E-state index contributed by atoms with van der Waals surface area (Å²) in [5, 5.41) is 0. The Morgan fingerprint density at radius 3 is 2.50 bits per heavy atom. The van der Waals surface area contributed by atoms with Gasteiger partial charge in [-0.05, 0) is 66.2 Å². The molecule has 0 spiro atoms. The van der Waals surface area contributed by atoms with Crippen LogP contribution in [0.4, 0.5) is 0 Å². The normalized spacial score (nSPS) is 17.5. The molecule has 0 aliphatic carbocycles. The highest BCUT2D eigenvalue weighted by molar-refractivity contribution is 9.10. The molecule has 1 aliphatic rings. The molecule has 1 fully saturated rings. The maximum Gasteiger partial charge on any atom is 0.254 e. The molecule has 20 heavy (non-hydrogen) atoms. The Kier molecular flexibility index (Phi) is 6.49. The molecule has 1 saturated heterocycles. The lowest BCUT2D eigenvalue weighted by molar-refractivity contribution is 0.0680. The number of carbonyl (C=O) groups excluding carboxylic acids is 1. The minimum atomic E-state index is 0. The van der Waals surface area contributed by atoms with Gasteiger partial charge in [-0.1, -0.05) is 6.07 Å². The van der Waals surface area contributed by atoms with Crippen molar-refractivity contribution >= 4 is 34.2 Å². The zero-order valence-corrected chi connectivity index (χ0v) is 14.3. The van der Waals surface area contributed by atoms with Crippen molar-refractivity contribution in [3.8, 4) is 0 Å². The van der Waals surface area contributed by atoms with Crippen LogP contribution in [0.15, 0.2) is 22.7 Å². The van der Waals surface area contributed by atoms with Crippen LogP contribution in [0, 0.1) is 12.8 Å². The number of halogens is 2. The first kappa shape index (κ1) is 17.5. The van der Waals surface area contributed by atoms with Crippen molar-refractivity contribution in [3.63, 3.8) is 0 Å². The molecule has 0 radical (unpaired) electrons. The van der Waals surface area contributed by atoms with Gasteiger partial charge in [0.15, 0.2) is 0 Å². The van der Waals surface area contributed by atoms with Gasteiger partial charge >= 0.3 is 0 Å². The average Bonchev–Trinajstić information content (AvgIpc) is 2.38. The van der Waals surface area contributed by atoms with Gasteiger partial charge in [0.05, 0.1) is 5.56 Å². The van der Waals surface area contributed by atoms with E-state index >= 15 is 0 Å². The van der Waals surface area contributed by atoms with Crippen molar-refractivity contribution in [1.29, 1.82) is 0 Å². The third-order valence-corrected chi connectivity index (χ3v) is 4.58. The molecule has 3 nitrogen and oxygen atoms in total. The number of amides is 1. The van der Waals surface area contributed by atoms with Crippen LogP contribution in [0.5, 0.6) is 0 Å². The summed E-state index contributed by atoms with van der Waals surface area (Å²) < 4.78 is 0.881. The van der Waals surface area contributed by atoms with Gasteiger partial charge in [-0.2, -0.15) is 0 Å². The number of hydrogen-bond donors (Lipinski definition) is 1. The number of benzene rings is 1. The zero-order chi connectivity index (χ0) is 14.0. The highest BCUT2D eigenvalue weighted by atomic mass is 79.9. The van der Waals surface area contributed by atoms with Gasteiger partial charge < -0.3 is 10.6 Å². The van der Waals surface area contributed by atoms with Gasteiger partial charge in [0.2, 0.25) is 0 Å². The Morgan fingerprint density at radius 2 is 2.00 bits per heavy atom. The molecule has 5 heteroatoms. The second kappa shape index (κ2) is 7.43. The number of nitrogens with two attached hydrogens (primary N) is 1. The second-order valence-electron chi connectivity index (χ2n) is 5.47. The van der Waals surface area contributed by atoms with Crippen molar-refractivity contribution in [2.24, 2.45) is 11.7 Å². The summed E-state index contributed by atoms with van der Waals surface area (Å²) in [6.07, 6.45) is 2.01. The lowest BCUT2D eigenvalue weighted by Crippen LogP contribution is -2.42. The van der Waals surface area contributed by atoms with E-state index < -0.39 is 0 Å². The standard InChI is InChI=1S/C15H21BrN2O.ClH/c1-10-3-4-13(14(16)9-10)15(19)18-7-5-12(6-8-18)11(2)17;/h3-4,9,11-12H,5-8,17H2,1-2H3;1H. The maximum atomic E-state index is 12.5. The van der Waals surface area contributed by atoms with E-state index in [1.54, 1.807) is 0 Å². The molecule has 2 N–H and O–H groups in total. The Bertz CT molecular complexity index is 471. The molecule has 1 amide bonds. The molecule has 0 saturated carbocycles. The van der Waals surface area contributed by atoms with Crippen molar-refractivity contribution in [1.82, 2.24) is 4.90 Å². The molecule has 112 valence electrons. The van der Waals surface area contributed by atoms with E-state index in [4.69, 9.17) is 5.73 Å². The first-order chi connectivity index (χ1) is 8.99. The number of carbonyl (C=O) groups is 1. The number of hydrogen-bond acceptors (Lipinski definition) is 2. The van der Waals surface area contributed by atoms with E-state index in [1.807, 2.05) is 30.0 Å². The van der Waals surface area contributed by atoms with Crippen LogP contribution >= 0.6 is 28.3 Å². The molecule has 1 aliphatic heterocycles. The van der Waals surface area contributed by atoms with Crippen LogP contribution in [0.3, 0.4) is 0 Å². The first-order valence-corrected chi connectivity index (χ1v) is 7.59. The second-order valence-corrected chi connectivity index (χ2v) is 6.33. The van der Waals surface area contributed by atoms with Crippen LogP contribution in [-0.2, 0) is 0 Å². The Balaban J connectivity index is 0.00000200. The topological polar surface area (TPSA) is 46.3 Å². The molecular formula is C15H22BrClN2O. The molecule has 0 bridgehead atoms. The van der Waals surface area contributed by atoms with Crippen molar-refractivity contribution in [3.05, 3.63) is 33.8 Å². The van der Waals surface area contributed by atoms with E-state index in [0.717, 1.165) is 41.5 Å². The van der Waals surface area contributed by atoms with Crippen LogP contribution in [0.25, 0.3) is 0 Å². The first-order valence-electron chi connectivity index (χ1n) is 6.80. The molecule has 2 rings (SSSR count). The summed E-state index contributed by atoms with van der Waals surface area (Å²) in [5.41, 5.74) is 7.84. The number of nitrogens with zero attached hydrogens (tertiary/aromatic N) is 1. The number of piperidine rings is 1. The van der Waals surface area contributed by atoms with Gasteiger partial charge in [0.25, 0.3) is 5.91 Å². The smallest absolute Gasteiger partial charge is 0.254 e. The summed E-state index contributed by atoms with van der Waals surface area (Å²) in [5.74, 6) is 0.667. The van der Waals surface area contributed by atoms with Crippen molar-refractivity contribution in [2.75, 3.05) is 13.1 Å². The van der Waals surface area contributed by atoms with E-state index in [9.17, 15) is 4.79 Å². The van der Waals surface area contributed by atoms with Crippen LogP contribution in [0.1, 0.15) is 35.7 Å². The predicted octanol–water partition coefficient (Wildman–Crippen LogP) is 3.38. The fourth-order valence-corrected chi connectivity index (χ4v) is 3.26. The van der Waals surface area contributed by atoms with E-state index in [2.05, 4.69) is 22.9 Å². The zero-order valence-electron chi connectivity index (χ0n) is 11.9. The molecular weight excluding hydrogens is 340 g/mol. The highest BCUT2D eigenvalue weighted by Crippen LogP contribution is 2.24. The summed E-state index contributed by atoms with van der Waals surface area (Å²) >= 11 is 3.48. The third kappa shape index (κ3) is 3.96. The van der Waals surface area contributed by atoms with E-state index in [1.165, 1.54) is 0 Å². The Hall–Kier alpha value is -0.580. The molecule has 1 heterocycles. The number of likely N-dealkylation sites (tertiary alicyclic amines) is 1. The largest absolute Gasteiger partial charge is 0.339 e. The predicted molar refractivity (Wildman–Crippen MR) is 88.4 cm³/mol. The van der Waals surface area contributed by atoms with Crippen LogP contribution in [-0.4, -0.2) is 29.9 Å².